The van der Waals surface area contributed by atoms with Crippen LogP contribution in [0.5, 0.6) is 11.5 Å². The number of carbonyl (C=O) groups is 1. The smallest absolute Gasteiger partial charge is 0.408 e. The maximum Gasteiger partial charge on any atom is 0.408 e. The van der Waals surface area contributed by atoms with Crippen molar-refractivity contribution in [1.82, 2.24) is 20.5 Å². The third-order valence-electron chi connectivity index (χ3n) is 10.4. The van der Waals surface area contributed by atoms with Crippen molar-refractivity contribution >= 4 is 17.0 Å². The molecule has 0 spiro atoms. The van der Waals surface area contributed by atoms with E-state index in [1.165, 1.54) is 24.3 Å². The van der Waals surface area contributed by atoms with Gasteiger partial charge in [0.25, 0.3) is 0 Å². The molecule has 0 radical (unpaired) electrons. The zero-order valence-corrected chi connectivity index (χ0v) is 29.7. The van der Waals surface area contributed by atoms with Crippen molar-refractivity contribution in [1.29, 1.82) is 0 Å². The lowest BCUT2D eigenvalue weighted by molar-refractivity contribution is -0.0336. The number of nitrogens with zero attached hydrogens (tertiary/aromatic N) is 1. The number of rotatable bonds is 18. The number of halogens is 1. The summed E-state index contributed by atoms with van der Waals surface area (Å²) in [4.78, 5) is 29.7. The summed E-state index contributed by atoms with van der Waals surface area (Å²) in [7, 11) is 0. The predicted molar refractivity (Wildman–Crippen MR) is 199 cm³/mol. The van der Waals surface area contributed by atoms with E-state index in [1.807, 2.05) is 30.3 Å². The van der Waals surface area contributed by atoms with E-state index >= 15 is 0 Å². The number of H-pyrrole nitrogens is 1. The van der Waals surface area contributed by atoms with Crippen LogP contribution in [0.25, 0.3) is 10.9 Å². The van der Waals surface area contributed by atoms with Crippen molar-refractivity contribution in [3.05, 3.63) is 106 Å². The molecule has 11 heteroatoms. The van der Waals surface area contributed by atoms with E-state index < -0.39 is 18.2 Å². The summed E-state index contributed by atoms with van der Waals surface area (Å²) in [6.45, 7) is 4.66. The summed E-state index contributed by atoms with van der Waals surface area (Å²) >= 11 is 0. The third kappa shape index (κ3) is 10.1. The Labute approximate surface area is 304 Å². The molecule has 0 saturated carbocycles. The average Bonchev–Trinajstić information content (AvgIpc) is 3.15. The van der Waals surface area contributed by atoms with Crippen LogP contribution in [0, 0.1) is 11.7 Å². The quantitative estimate of drug-likeness (QED) is 0.0718. The summed E-state index contributed by atoms with van der Waals surface area (Å²) < 4.78 is 26.3. The molecule has 1 amide bonds. The van der Waals surface area contributed by atoms with Gasteiger partial charge in [0.1, 0.15) is 23.4 Å². The van der Waals surface area contributed by atoms with Gasteiger partial charge >= 0.3 is 6.09 Å². The molecule has 52 heavy (non-hydrogen) atoms. The monoisotopic (exact) mass is 714 g/mol. The number of aromatic amines is 1. The third-order valence-corrected chi connectivity index (χ3v) is 10.4. The number of fused-ring (bicyclic) bond motifs is 4. The first-order chi connectivity index (χ1) is 25.3. The highest BCUT2D eigenvalue weighted by atomic mass is 19.1. The minimum atomic E-state index is -0.756. The van der Waals surface area contributed by atoms with E-state index in [9.17, 15) is 24.2 Å². The summed E-state index contributed by atoms with van der Waals surface area (Å²) in [6.07, 6.45) is 8.24. The molecule has 4 aromatic rings. The van der Waals surface area contributed by atoms with Gasteiger partial charge in [-0.15, -0.1) is 0 Å². The molecule has 3 fully saturated rings. The molecule has 3 aliphatic rings. The number of aliphatic hydroxyl groups excluding tert-OH is 1. The highest BCUT2D eigenvalue weighted by Gasteiger charge is 2.37. The molecular weight excluding hydrogens is 663 g/mol. The molecule has 3 aromatic carbocycles. The van der Waals surface area contributed by atoms with E-state index in [0.717, 1.165) is 89.5 Å². The van der Waals surface area contributed by atoms with Crippen molar-refractivity contribution in [3.63, 3.8) is 0 Å². The van der Waals surface area contributed by atoms with E-state index in [1.54, 1.807) is 18.2 Å². The number of amides is 1. The second-order valence-corrected chi connectivity index (χ2v) is 14.1. The lowest BCUT2D eigenvalue weighted by Crippen LogP contribution is -2.52. The number of piperidine rings is 3. The Morgan fingerprint density at radius 3 is 2.40 bits per heavy atom. The van der Waals surface area contributed by atoms with Crippen LogP contribution in [-0.4, -0.2) is 71.6 Å². The van der Waals surface area contributed by atoms with E-state index in [-0.39, 0.29) is 23.2 Å². The number of alkyl carbamates (subject to hydrolysis) is 1. The minimum absolute atomic E-state index is 0.0184. The highest BCUT2D eigenvalue weighted by Crippen LogP contribution is 2.31. The lowest BCUT2D eigenvalue weighted by atomic mass is 9.86. The van der Waals surface area contributed by atoms with Crippen LogP contribution >= 0.6 is 0 Å². The maximum absolute atomic E-state index is 14.3. The Hall–Kier alpha value is -4.45. The molecule has 2 bridgehead atoms. The Morgan fingerprint density at radius 1 is 0.923 bits per heavy atom. The normalized spacial score (nSPS) is 19.3. The second kappa shape index (κ2) is 18.3. The number of hydrogen-bond donors (Lipinski definition) is 5. The van der Waals surface area contributed by atoms with Crippen molar-refractivity contribution in [3.8, 4) is 11.5 Å². The van der Waals surface area contributed by atoms with E-state index in [0.29, 0.717) is 46.8 Å². The van der Waals surface area contributed by atoms with Gasteiger partial charge in [-0.05, 0) is 104 Å². The molecule has 3 saturated heterocycles. The number of unbranched alkanes of at least 4 members (excludes halogenated alkanes) is 6. The van der Waals surface area contributed by atoms with Crippen LogP contribution in [0.4, 0.5) is 9.18 Å². The summed E-state index contributed by atoms with van der Waals surface area (Å²) in [5.41, 5.74) is 2.13. The standard InChI is InChI=1S/C41H51FN4O6/c42-31-12-8-10-29(24-31)39(45-41(50)52-37-27-46-21-18-28(37)19-22-46)30-11-9-13-32(25-30)51-23-7-5-3-1-2-4-6-20-43-26-36(48)33-14-16-35(47)40-34(33)15-17-38(49)44-40/h8-17,24-25,28,36-37,39,43,47-48H,1-7,18-23,26-27H2,(H,44,49)(H,45,50)/t36-,37+,39?/m1/s1. The molecule has 1 aromatic heterocycles. The van der Waals surface area contributed by atoms with Gasteiger partial charge in [0.15, 0.2) is 0 Å². The second-order valence-electron chi connectivity index (χ2n) is 14.1. The fourth-order valence-electron chi connectivity index (χ4n) is 7.49. The molecule has 4 heterocycles. The van der Waals surface area contributed by atoms with Gasteiger partial charge in [-0.25, -0.2) is 9.18 Å². The number of aromatic nitrogens is 1. The molecule has 3 aliphatic heterocycles. The SMILES string of the molecule is O=C(NC(c1cccc(F)c1)c1cccc(OCCCCCCCCCNC[C@@H](O)c2ccc(O)c3[nH]c(=O)ccc23)c1)O[C@H]1CN2CCC1CC2. The number of phenolic OH excluding ortho intramolecular Hbond substituents is 1. The number of benzene rings is 3. The topological polar surface area (TPSA) is 136 Å². The van der Waals surface area contributed by atoms with Gasteiger partial charge < -0.3 is 35.3 Å². The van der Waals surface area contributed by atoms with E-state index in [2.05, 4.69) is 20.5 Å². The van der Waals surface area contributed by atoms with Gasteiger partial charge in [-0.1, -0.05) is 62.4 Å². The lowest BCUT2D eigenvalue weighted by Gasteiger charge is -2.43. The molecule has 1 unspecified atom stereocenters. The Morgan fingerprint density at radius 2 is 1.65 bits per heavy atom. The Kier molecular flexibility index (Phi) is 13.2. The van der Waals surface area contributed by atoms with E-state index in [4.69, 9.17) is 9.47 Å². The number of carbonyl (C=O) groups excluding carboxylic acids is 1. The first kappa shape index (κ1) is 37.3. The fraction of sp³-hybridized carbons (Fsp3) is 0.463. The zero-order chi connectivity index (χ0) is 36.3. The van der Waals surface area contributed by atoms with Crippen molar-refractivity contribution in [2.45, 2.75) is 76.0 Å². The molecule has 0 aliphatic carbocycles. The van der Waals surface area contributed by atoms with Crippen LogP contribution in [-0.2, 0) is 4.74 Å². The summed E-state index contributed by atoms with van der Waals surface area (Å²) in [5.74, 6) is 0.717. The Balaban J connectivity index is 0.873. The molecule has 3 atom stereocenters. The van der Waals surface area contributed by atoms with Gasteiger partial charge in [-0.2, -0.15) is 0 Å². The van der Waals surface area contributed by atoms with Gasteiger partial charge in [0.05, 0.1) is 24.3 Å². The van der Waals surface area contributed by atoms with Crippen molar-refractivity contribution in [2.75, 3.05) is 39.3 Å². The fourth-order valence-corrected chi connectivity index (χ4v) is 7.49. The molecule has 5 N–H and O–H groups in total. The number of aliphatic hydroxyl groups is 1. The maximum atomic E-state index is 14.3. The van der Waals surface area contributed by atoms with Gasteiger partial charge in [0, 0.05) is 24.5 Å². The number of ether oxygens (including phenoxy) is 2. The van der Waals surface area contributed by atoms with Crippen molar-refractivity contribution < 1.29 is 28.9 Å². The molecule has 7 rings (SSSR count). The number of aromatic hydroxyl groups is 1. The minimum Gasteiger partial charge on any atom is -0.506 e. The first-order valence-electron chi connectivity index (χ1n) is 18.8. The number of phenols is 1. The predicted octanol–water partition coefficient (Wildman–Crippen LogP) is 6.72. The molecule has 10 nitrogen and oxygen atoms in total. The van der Waals surface area contributed by atoms with Crippen LogP contribution in [0.1, 0.15) is 86.6 Å². The zero-order valence-electron chi connectivity index (χ0n) is 29.7. The van der Waals surface area contributed by atoms with Crippen molar-refractivity contribution in [2.24, 2.45) is 5.92 Å². The number of hydrogen-bond acceptors (Lipinski definition) is 8. The van der Waals surface area contributed by atoms with Gasteiger partial charge in [0.2, 0.25) is 5.56 Å². The molecule has 278 valence electrons. The largest absolute Gasteiger partial charge is 0.506 e. The number of nitrogens with one attached hydrogen (secondary N) is 3. The van der Waals surface area contributed by atoms with Crippen LogP contribution in [0.2, 0.25) is 0 Å². The Bertz CT molecular complexity index is 1830. The van der Waals surface area contributed by atoms with Gasteiger partial charge in [-0.3, -0.25) is 9.69 Å². The first-order valence-corrected chi connectivity index (χ1v) is 18.8. The molecular formula is C41H51FN4O6. The van der Waals surface area contributed by atoms with Crippen LogP contribution < -0.4 is 20.9 Å². The van der Waals surface area contributed by atoms with Crippen LogP contribution in [0.3, 0.4) is 0 Å². The average molecular weight is 715 g/mol. The number of pyridine rings is 1. The highest BCUT2D eigenvalue weighted by molar-refractivity contribution is 5.87. The summed E-state index contributed by atoms with van der Waals surface area (Å²) in [5, 5.41) is 27.7. The van der Waals surface area contributed by atoms with Crippen LogP contribution in [0.15, 0.2) is 77.6 Å². The summed E-state index contributed by atoms with van der Waals surface area (Å²) in [6, 6.07) is 19.5.